The lowest BCUT2D eigenvalue weighted by Gasteiger charge is -2.14. The average Bonchev–Trinajstić information content (AvgIpc) is 2.92. The highest BCUT2D eigenvalue weighted by molar-refractivity contribution is 7.80. The van der Waals surface area contributed by atoms with Crippen molar-refractivity contribution in [2.24, 2.45) is 5.73 Å². The Balaban J connectivity index is 1.89. The first-order valence-electron chi connectivity index (χ1n) is 6.16. The molecule has 0 aromatic carbocycles. The number of nitrogens with two attached hydrogens (primary N) is 2. The summed E-state index contributed by atoms with van der Waals surface area (Å²) in [6.45, 7) is 0.0142. The second-order valence-corrected chi connectivity index (χ2v) is 4.68. The number of hydrogen-bond donors (Lipinski definition) is 3. The summed E-state index contributed by atoms with van der Waals surface area (Å²) in [6.07, 6.45) is 0.0487. The van der Waals surface area contributed by atoms with Gasteiger partial charge in [-0.2, -0.15) is 17.6 Å². The maximum Gasteiger partial charge on any atom is 0.351 e. The molecule has 0 saturated carbocycles. The maximum atomic E-state index is 11.7. The van der Waals surface area contributed by atoms with Gasteiger partial charge in [-0.3, -0.25) is 9.36 Å². The second-order valence-electron chi connectivity index (χ2n) is 4.31. The predicted octanol–water partition coefficient (Wildman–Crippen LogP) is -1.50. The summed E-state index contributed by atoms with van der Waals surface area (Å²) >= 11 is 3.90. The Morgan fingerprint density at radius 1 is 1.67 bits per heavy atom. The Kier molecular flexibility index (Phi) is 5.17. The van der Waals surface area contributed by atoms with Gasteiger partial charge in [-0.1, -0.05) is 0 Å². The van der Waals surface area contributed by atoms with Crippen LogP contribution < -0.4 is 17.2 Å². The summed E-state index contributed by atoms with van der Waals surface area (Å²) in [7, 11) is 0. The highest BCUT2D eigenvalue weighted by atomic mass is 32.1. The van der Waals surface area contributed by atoms with Crippen molar-refractivity contribution in [3.05, 3.63) is 22.7 Å². The third kappa shape index (κ3) is 3.94. The molecule has 1 fully saturated rings. The maximum absolute atomic E-state index is 11.7. The summed E-state index contributed by atoms with van der Waals surface area (Å²) in [5, 5.41) is 0. The molecular formula is C11H16N4O5S. The van der Waals surface area contributed by atoms with Crippen LogP contribution >= 0.6 is 12.6 Å². The minimum Gasteiger partial charge on any atom is -0.459 e. The van der Waals surface area contributed by atoms with Gasteiger partial charge in [0.05, 0.1) is 6.61 Å². The van der Waals surface area contributed by atoms with Crippen LogP contribution in [0.1, 0.15) is 6.23 Å². The largest absolute Gasteiger partial charge is 0.459 e. The Labute approximate surface area is 125 Å². The van der Waals surface area contributed by atoms with E-state index in [9.17, 15) is 9.59 Å². The van der Waals surface area contributed by atoms with Crippen LogP contribution in [0.3, 0.4) is 0 Å². The fourth-order valence-corrected chi connectivity index (χ4v) is 1.80. The molecule has 0 amide bonds. The van der Waals surface area contributed by atoms with Crippen LogP contribution in [0.4, 0.5) is 5.82 Å². The van der Waals surface area contributed by atoms with Crippen LogP contribution in [0.25, 0.3) is 0 Å². The number of anilines is 1. The van der Waals surface area contributed by atoms with Gasteiger partial charge >= 0.3 is 11.7 Å². The van der Waals surface area contributed by atoms with Gasteiger partial charge in [0.25, 0.3) is 0 Å². The highest BCUT2D eigenvalue weighted by Gasteiger charge is 2.29. The molecule has 0 radical (unpaired) electrons. The van der Waals surface area contributed by atoms with Crippen LogP contribution in [0.5, 0.6) is 0 Å². The molecule has 2 heterocycles. The van der Waals surface area contributed by atoms with Gasteiger partial charge < -0.3 is 25.7 Å². The molecule has 10 heteroatoms. The van der Waals surface area contributed by atoms with Gasteiger partial charge in [-0.25, -0.2) is 4.79 Å². The number of carbonyl (C=O) groups excluding carboxylic acids is 1. The Bertz CT molecular complexity index is 566. The molecule has 9 nitrogen and oxygen atoms in total. The molecule has 1 unspecified atom stereocenters. The first-order valence-corrected chi connectivity index (χ1v) is 6.79. The fourth-order valence-electron chi connectivity index (χ4n) is 1.65. The smallest absolute Gasteiger partial charge is 0.351 e. The van der Waals surface area contributed by atoms with Gasteiger partial charge in [-0.05, 0) is 6.07 Å². The standard InChI is InChI=1S/C11H16N4O5S/c12-6(5-21)10(16)19-4-9-18-3-8(20-9)15-2-1-7(13)14-11(15)17/h1-2,6,8-9,21H,3-5,12H2,(H2,13,14,17)/t6?,8-,9-/m1/s1. The van der Waals surface area contributed by atoms with Crippen molar-refractivity contribution < 1.29 is 19.0 Å². The molecule has 1 aromatic heterocycles. The lowest BCUT2D eigenvalue weighted by molar-refractivity contribution is -0.160. The van der Waals surface area contributed by atoms with Crippen molar-refractivity contribution in [1.29, 1.82) is 0 Å². The number of carbonyl (C=O) groups is 1. The molecule has 116 valence electrons. The van der Waals surface area contributed by atoms with Gasteiger partial charge in [-0.15, -0.1) is 0 Å². The number of ether oxygens (including phenoxy) is 3. The van der Waals surface area contributed by atoms with Gasteiger partial charge in [0.2, 0.25) is 0 Å². The number of rotatable bonds is 5. The van der Waals surface area contributed by atoms with Crippen LogP contribution in [0, 0.1) is 0 Å². The lowest BCUT2D eigenvalue weighted by atomic mass is 10.4. The molecule has 1 aliphatic heterocycles. The summed E-state index contributed by atoms with van der Waals surface area (Å²) in [4.78, 5) is 26.6. The van der Waals surface area contributed by atoms with E-state index in [4.69, 9.17) is 25.7 Å². The molecular weight excluding hydrogens is 300 g/mol. The molecule has 1 aliphatic rings. The molecule has 0 spiro atoms. The number of esters is 1. The SMILES string of the molecule is Nc1ccn([C@H]2CO[C@@H](COC(=O)C(N)CS)O2)c(=O)n1. The van der Waals surface area contributed by atoms with E-state index in [-0.39, 0.29) is 24.8 Å². The number of hydrogen-bond acceptors (Lipinski definition) is 9. The van der Waals surface area contributed by atoms with Crippen molar-refractivity contribution in [2.45, 2.75) is 18.6 Å². The first-order chi connectivity index (χ1) is 10.0. The first kappa shape index (κ1) is 15.8. The molecule has 1 saturated heterocycles. The number of aromatic nitrogens is 2. The third-order valence-electron chi connectivity index (χ3n) is 2.76. The van der Waals surface area contributed by atoms with E-state index in [0.29, 0.717) is 0 Å². The fraction of sp³-hybridized carbons (Fsp3) is 0.545. The Hall–Kier alpha value is -1.62. The molecule has 1 aromatic rings. The topological polar surface area (TPSA) is 132 Å². The minimum absolute atomic E-state index is 0.117. The normalized spacial score (nSPS) is 23.0. The Morgan fingerprint density at radius 2 is 2.43 bits per heavy atom. The van der Waals surface area contributed by atoms with Crippen molar-refractivity contribution >= 4 is 24.4 Å². The van der Waals surface area contributed by atoms with E-state index in [1.807, 2.05) is 0 Å². The molecule has 2 rings (SSSR count). The van der Waals surface area contributed by atoms with E-state index in [2.05, 4.69) is 17.6 Å². The third-order valence-corrected chi connectivity index (χ3v) is 3.15. The summed E-state index contributed by atoms with van der Waals surface area (Å²) < 4.78 is 16.9. The van der Waals surface area contributed by atoms with Gasteiger partial charge in [0, 0.05) is 11.9 Å². The number of nitrogen functional groups attached to an aromatic ring is 1. The molecule has 0 bridgehead atoms. The summed E-state index contributed by atoms with van der Waals surface area (Å²) in [5.41, 5.74) is 10.3. The highest BCUT2D eigenvalue weighted by Crippen LogP contribution is 2.19. The van der Waals surface area contributed by atoms with Crippen molar-refractivity contribution in [2.75, 3.05) is 24.7 Å². The average molecular weight is 316 g/mol. The summed E-state index contributed by atoms with van der Waals surface area (Å²) in [6, 6.07) is 0.679. The van der Waals surface area contributed by atoms with Crippen LogP contribution in [-0.4, -0.2) is 46.8 Å². The zero-order valence-corrected chi connectivity index (χ0v) is 11.9. The summed E-state index contributed by atoms with van der Waals surface area (Å²) in [5.74, 6) is -0.284. The van der Waals surface area contributed by atoms with E-state index in [1.165, 1.54) is 16.8 Å². The molecule has 21 heavy (non-hydrogen) atoms. The number of nitrogens with zero attached hydrogens (tertiary/aromatic N) is 2. The van der Waals surface area contributed by atoms with E-state index in [1.54, 1.807) is 0 Å². The van der Waals surface area contributed by atoms with E-state index >= 15 is 0 Å². The van der Waals surface area contributed by atoms with Crippen molar-refractivity contribution in [3.63, 3.8) is 0 Å². The minimum atomic E-state index is -0.797. The predicted molar refractivity (Wildman–Crippen MR) is 75.6 cm³/mol. The van der Waals surface area contributed by atoms with Crippen LogP contribution in [0.15, 0.2) is 17.1 Å². The zero-order chi connectivity index (χ0) is 15.4. The van der Waals surface area contributed by atoms with Crippen LogP contribution in [0.2, 0.25) is 0 Å². The monoisotopic (exact) mass is 316 g/mol. The zero-order valence-electron chi connectivity index (χ0n) is 11.0. The van der Waals surface area contributed by atoms with Gasteiger partial charge in [0.15, 0.2) is 12.5 Å². The second kappa shape index (κ2) is 6.89. The van der Waals surface area contributed by atoms with Crippen molar-refractivity contribution in [1.82, 2.24) is 9.55 Å². The van der Waals surface area contributed by atoms with Crippen molar-refractivity contribution in [3.8, 4) is 0 Å². The van der Waals surface area contributed by atoms with Crippen LogP contribution in [-0.2, 0) is 19.0 Å². The van der Waals surface area contributed by atoms with Gasteiger partial charge in [0.1, 0.15) is 18.5 Å². The van der Waals surface area contributed by atoms with E-state index in [0.717, 1.165) is 0 Å². The van der Waals surface area contributed by atoms with E-state index < -0.39 is 30.2 Å². The Morgan fingerprint density at radius 3 is 3.10 bits per heavy atom. The quantitative estimate of drug-likeness (QED) is 0.441. The molecule has 0 aliphatic carbocycles. The lowest BCUT2D eigenvalue weighted by Crippen LogP contribution is -2.35. The number of thiol groups is 1. The molecule has 3 atom stereocenters. The molecule has 4 N–H and O–H groups in total.